The van der Waals surface area contributed by atoms with Crippen LogP contribution in [-0.2, 0) is 18.5 Å². The lowest BCUT2D eigenvalue weighted by Gasteiger charge is -2.09. The molecule has 3 aromatic rings. The molecule has 0 amide bonds. The second-order valence-electron chi connectivity index (χ2n) is 5.58. The van der Waals surface area contributed by atoms with Crippen LogP contribution >= 0.6 is 11.8 Å². The molecule has 1 N–H and O–H groups in total. The average molecular weight is 379 g/mol. The van der Waals surface area contributed by atoms with E-state index >= 15 is 0 Å². The van der Waals surface area contributed by atoms with Crippen LogP contribution in [0.4, 0.5) is 13.2 Å². The highest BCUT2D eigenvalue weighted by molar-refractivity contribution is 7.98. The van der Waals surface area contributed by atoms with E-state index in [4.69, 9.17) is 0 Å². The van der Waals surface area contributed by atoms with Crippen molar-refractivity contribution >= 4 is 11.8 Å². The molecule has 1 aromatic heterocycles. The number of hydrogen-bond donors (Lipinski definition) is 1. The minimum Gasteiger partial charge on any atom is -0.508 e. The highest BCUT2D eigenvalue weighted by Crippen LogP contribution is 2.31. The average Bonchev–Trinajstić information content (AvgIpc) is 3.03. The topological polar surface area (TPSA) is 50.9 Å². The highest BCUT2D eigenvalue weighted by Gasteiger charge is 2.29. The van der Waals surface area contributed by atoms with Crippen LogP contribution < -0.4 is 0 Å². The van der Waals surface area contributed by atoms with Crippen molar-refractivity contribution in [3.05, 3.63) is 59.7 Å². The lowest BCUT2D eigenvalue weighted by Crippen LogP contribution is -2.04. The molecule has 0 bridgehead atoms. The molecule has 136 valence electrons. The van der Waals surface area contributed by atoms with Gasteiger partial charge in [0.25, 0.3) is 0 Å². The van der Waals surface area contributed by atoms with Gasteiger partial charge in [-0.1, -0.05) is 23.9 Å². The van der Waals surface area contributed by atoms with E-state index in [1.54, 1.807) is 24.3 Å². The molecule has 0 unspecified atom stereocenters. The second kappa shape index (κ2) is 7.41. The van der Waals surface area contributed by atoms with Crippen molar-refractivity contribution in [3.63, 3.8) is 0 Å². The molecule has 1 heterocycles. The predicted octanol–water partition coefficient (Wildman–Crippen LogP) is 4.98. The number of rotatable bonds is 5. The molecule has 0 fully saturated rings. The van der Waals surface area contributed by atoms with Gasteiger partial charge in [-0.15, -0.1) is 10.2 Å². The maximum atomic E-state index is 12.6. The summed E-state index contributed by atoms with van der Waals surface area (Å²) in [6, 6.07) is 11.8. The fraction of sp³-hybridized carbons (Fsp3) is 0.222. The summed E-state index contributed by atoms with van der Waals surface area (Å²) in [5.74, 6) is 1.35. The fourth-order valence-corrected chi connectivity index (χ4v) is 3.40. The zero-order valence-corrected chi connectivity index (χ0v) is 14.7. The van der Waals surface area contributed by atoms with Crippen molar-refractivity contribution < 1.29 is 18.3 Å². The van der Waals surface area contributed by atoms with Crippen molar-refractivity contribution in [2.45, 2.75) is 30.6 Å². The molecule has 0 saturated carbocycles. The molecule has 0 radical (unpaired) electrons. The van der Waals surface area contributed by atoms with Crippen LogP contribution in [0.1, 0.15) is 18.1 Å². The van der Waals surface area contributed by atoms with Gasteiger partial charge in [0.05, 0.1) is 5.56 Å². The number of nitrogens with zero attached hydrogens (tertiary/aromatic N) is 3. The van der Waals surface area contributed by atoms with Crippen LogP contribution in [-0.4, -0.2) is 19.9 Å². The third-order valence-corrected chi connectivity index (χ3v) is 4.85. The first-order valence-corrected chi connectivity index (χ1v) is 8.88. The van der Waals surface area contributed by atoms with Gasteiger partial charge in [0.15, 0.2) is 11.0 Å². The molecule has 0 aliphatic heterocycles. The molecule has 26 heavy (non-hydrogen) atoms. The van der Waals surface area contributed by atoms with Gasteiger partial charge in [-0.25, -0.2) is 0 Å². The third-order valence-electron chi connectivity index (χ3n) is 3.81. The van der Waals surface area contributed by atoms with Gasteiger partial charge in [0.2, 0.25) is 0 Å². The van der Waals surface area contributed by atoms with Gasteiger partial charge in [-0.2, -0.15) is 13.2 Å². The molecular weight excluding hydrogens is 363 g/mol. The van der Waals surface area contributed by atoms with Crippen molar-refractivity contribution in [1.82, 2.24) is 14.8 Å². The van der Waals surface area contributed by atoms with Crippen LogP contribution in [0.3, 0.4) is 0 Å². The summed E-state index contributed by atoms with van der Waals surface area (Å²) in [5.41, 5.74) is 0.955. The van der Waals surface area contributed by atoms with E-state index in [9.17, 15) is 18.3 Å². The largest absolute Gasteiger partial charge is 0.508 e. The minimum absolute atomic E-state index is 0.174. The molecule has 8 heteroatoms. The predicted molar refractivity (Wildman–Crippen MR) is 93.8 cm³/mol. The summed E-state index contributed by atoms with van der Waals surface area (Å²) in [5, 5.41) is 18.5. The van der Waals surface area contributed by atoms with Crippen LogP contribution in [0, 0.1) is 0 Å². The lowest BCUT2D eigenvalue weighted by molar-refractivity contribution is -0.137. The number of aromatic hydroxyl groups is 1. The first-order valence-electron chi connectivity index (χ1n) is 7.90. The Morgan fingerprint density at radius 1 is 1.00 bits per heavy atom. The Hall–Kier alpha value is -2.48. The highest BCUT2D eigenvalue weighted by atomic mass is 32.2. The van der Waals surface area contributed by atoms with Gasteiger partial charge in [-0.05, 0) is 48.9 Å². The molecule has 0 aliphatic rings. The summed E-state index contributed by atoms with van der Waals surface area (Å²) in [6.07, 6.45) is -4.33. The summed E-state index contributed by atoms with van der Waals surface area (Å²) >= 11 is 1.42. The van der Waals surface area contributed by atoms with Crippen LogP contribution in [0.25, 0.3) is 11.4 Å². The van der Waals surface area contributed by atoms with E-state index < -0.39 is 11.7 Å². The van der Waals surface area contributed by atoms with E-state index in [1.807, 2.05) is 11.5 Å². The van der Waals surface area contributed by atoms with Crippen molar-refractivity contribution in [2.24, 2.45) is 0 Å². The summed E-state index contributed by atoms with van der Waals surface area (Å²) in [6.45, 7) is 2.62. The van der Waals surface area contributed by atoms with Crippen molar-refractivity contribution in [1.29, 1.82) is 0 Å². The van der Waals surface area contributed by atoms with Crippen LogP contribution in [0.5, 0.6) is 5.75 Å². The maximum absolute atomic E-state index is 12.6. The Labute approximate surface area is 152 Å². The smallest absolute Gasteiger partial charge is 0.416 e. The first-order chi connectivity index (χ1) is 12.4. The normalized spacial score (nSPS) is 11.7. The zero-order chi connectivity index (χ0) is 18.7. The molecule has 3 rings (SSSR count). The Morgan fingerprint density at radius 3 is 2.23 bits per heavy atom. The molecule has 0 aliphatic carbocycles. The number of hydrogen-bond acceptors (Lipinski definition) is 4. The van der Waals surface area contributed by atoms with Gasteiger partial charge >= 0.3 is 6.18 Å². The first kappa shape index (κ1) is 18.3. The zero-order valence-electron chi connectivity index (χ0n) is 13.9. The van der Waals surface area contributed by atoms with E-state index in [0.717, 1.165) is 23.3 Å². The minimum atomic E-state index is -4.33. The Morgan fingerprint density at radius 2 is 1.65 bits per heavy atom. The molecule has 0 atom stereocenters. The second-order valence-corrected chi connectivity index (χ2v) is 6.52. The summed E-state index contributed by atoms with van der Waals surface area (Å²) < 4.78 is 39.8. The number of phenolic OH excluding ortho intramolecular Hbond substituents is 1. The molecule has 0 saturated heterocycles. The molecule has 2 aromatic carbocycles. The summed E-state index contributed by atoms with van der Waals surface area (Å²) in [7, 11) is 0. The Kier molecular flexibility index (Phi) is 5.22. The fourth-order valence-electron chi connectivity index (χ4n) is 2.44. The molecular formula is C18H16F3N3OS. The Balaban J connectivity index is 1.75. The van der Waals surface area contributed by atoms with Gasteiger partial charge in [0, 0.05) is 17.9 Å². The Bertz CT molecular complexity index is 874. The summed E-state index contributed by atoms with van der Waals surface area (Å²) in [4.78, 5) is 0. The third kappa shape index (κ3) is 4.01. The molecule has 4 nitrogen and oxygen atoms in total. The van der Waals surface area contributed by atoms with Gasteiger partial charge < -0.3 is 9.67 Å². The number of aromatic nitrogens is 3. The van der Waals surface area contributed by atoms with Crippen molar-refractivity contribution in [2.75, 3.05) is 0 Å². The quantitative estimate of drug-likeness (QED) is 0.635. The maximum Gasteiger partial charge on any atom is 0.416 e. The number of thioether (sulfide) groups is 1. The number of benzene rings is 2. The number of phenols is 1. The standard InChI is InChI=1S/C18H16F3N3OS/c1-2-24-16(13-5-9-15(25)10-6-13)22-23-17(24)26-11-12-3-7-14(8-4-12)18(19,20)21/h3-10,25H,2,11H2,1H3. The SMILES string of the molecule is CCn1c(SCc2ccc(C(F)(F)F)cc2)nnc1-c1ccc(O)cc1. The lowest BCUT2D eigenvalue weighted by atomic mass is 10.1. The molecule has 0 spiro atoms. The van der Waals surface area contributed by atoms with Crippen LogP contribution in [0.2, 0.25) is 0 Å². The van der Waals surface area contributed by atoms with Gasteiger partial charge in [0.1, 0.15) is 5.75 Å². The van der Waals surface area contributed by atoms with E-state index in [2.05, 4.69) is 10.2 Å². The van der Waals surface area contributed by atoms with Crippen molar-refractivity contribution in [3.8, 4) is 17.1 Å². The van der Waals surface area contributed by atoms with E-state index in [-0.39, 0.29) is 5.75 Å². The van der Waals surface area contributed by atoms with Crippen LogP contribution in [0.15, 0.2) is 53.7 Å². The number of alkyl halides is 3. The van der Waals surface area contributed by atoms with E-state index in [1.165, 1.54) is 23.9 Å². The number of halogens is 3. The van der Waals surface area contributed by atoms with E-state index in [0.29, 0.717) is 23.3 Å². The van der Waals surface area contributed by atoms with Gasteiger partial charge in [-0.3, -0.25) is 0 Å². The monoisotopic (exact) mass is 379 g/mol.